The van der Waals surface area contributed by atoms with Crippen LogP contribution in [0, 0.1) is 12.7 Å². The number of carbonyl (C=O) groups excluding carboxylic acids is 1. The zero-order valence-corrected chi connectivity index (χ0v) is 16.5. The topological polar surface area (TPSA) is 61.7 Å². The van der Waals surface area contributed by atoms with Crippen LogP contribution in [0.2, 0.25) is 5.02 Å². The van der Waals surface area contributed by atoms with E-state index >= 15 is 0 Å². The van der Waals surface area contributed by atoms with E-state index in [-0.39, 0.29) is 11.6 Å². The summed E-state index contributed by atoms with van der Waals surface area (Å²) in [5, 5.41) is 7.58. The molecule has 9 heteroatoms. The molecule has 0 aliphatic carbocycles. The van der Waals surface area contributed by atoms with Crippen molar-refractivity contribution in [2.24, 2.45) is 0 Å². The fourth-order valence-corrected chi connectivity index (χ4v) is 4.63. The molecule has 6 nitrogen and oxygen atoms in total. The number of nitrogens with one attached hydrogen (secondary N) is 2. The van der Waals surface area contributed by atoms with E-state index in [4.69, 9.17) is 11.6 Å². The molecule has 0 radical (unpaired) electrons. The number of nitrogens with zero attached hydrogens (tertiary/aromatic N) is 3. The second kappa shape index (κ2) is 7.10. The van der Waals surface area contributed by atoms with Crippen LogP contribution in [0.3, 0.4) is 0 Å². The number of hydrogen-bond acceptors (Lipinski definition) is 5. The quantitative estimate of drug-likeness (QED) is 0.697. The summed E-state index contributed by atoms with van der Waals surface area (Å²) >= 11 is 7.72. The van der Waals surface area contributed by atoms with Crippen LogP contribution in [0.25, 0.3) is 5.65 Å². The third kappa shape index (κ3) is 3.65. The average molecular weight is 408 g/mol. The summed E-state index contributed by atoms with van der Waals surface area (Å²) < 4.78 is 15.8. The summed E-state index contributed by atoms with van der Waals surface area (Å²) in [6.45, 7) is 6.46. The number of amides is 1. The van der Waals surface area contributed by atoms with Gasteiger partial charge in [0.05, 0.1) is 21.3 Å². The van der Waals surface area contributed by atoms with Crippen molar-refractivity contribution < 1.29 is 9.18 Å². The molecule has 0 bridgehead atoms. The Morgan fingerprint density at radius 3 is 3.04 bits per heavy atom. The molecule has 1 aliphatic heterocycles. The monoisotopic (exact) mass is 407 g/mol. The van der Waals surface area contributed by atoms with E-state index in [1.807, 2.05) is 0 Å². The lowest BCUT2D eigenvalue weighted by Crippen LogP contribution is -2.49. The number of anilines is 2. The van der Waals surface area contributed by atoms with E-state index in [0.717, 1.165) is 24.6 Å². The van der Waals surface area contributed by atoms with Gasteiger partial charge in [0.1, 0.15) is 5.00 Å². The molecule has 27 heavy (non-hydrogen) atoms. The van der Waals surface area contributed by atoms with E-state index in [2.05, 4.69) is 27.4 Å². The Labute approximate surface area is 165 Å². The molecular formula is C18H19ClFN5OS. The fraction of sp³-hybridized carbons (Fsp3) is 0.333. The fourth-order valence-electron chi connectivity index (χ4n) is 3.24. The molecule has 3 aromatic rings. The van der Waals surface area contributed by atoms with Crippen LogP contribution < -0.4 is 15.5 Å². The van der Waals surface area contributed by atoms with Gasteiger partial charge in [-0.2, -0.15) is 0 Å². The van der Waals surface area contributed by atoms with Gasteiger partial charge in [0.25, 0.3) is 5.91 Å². The standard InChI is InChI=1S/C18H19ClFN5OS/c1-10-7-24(4-3-21-10)18-13(19)6-15(27-18)17(26)23-12-5-14(20)16-22-11(2)8-25(16)9-12/h5-6,8-10,21H,3-4,7H2,1-2H3,(H,23,26). The molecule has 1 aliphatic rings. The molecule has 3 aromatic heterocycles. The van der Waals surface area contributed by atoms with E-state index in [9.17, 15) is 9.18 Å². The maximum atomic E-state index is 14.2. The smallest absolute Gasteiger partial charge is 0.265 e. The highest BCUT2D eigenvalue weighted by Gasteiger charge is 2.22. The summed E-state index contributed by atoms with van der Waals surface area (Å²) in [6.07, 6.45) is 3.35. The molecule has 2 N–H and O–H groups in total. The average Bonchev–Trinajstić information content (AvgIpc) is 3.17. The van der Waals surface area contributed by atoms with Crippen molar-refractivity contribution in [2.75, 3.05) is 29.9 Å². The molecule has 4 heterocycles. The summed E-state index contributed by atoms with van der Waals surface area (Å²) in [5.41, 5.74) is 1.31. The number of imidazole rings is 1. The number of hydrogen-bond donors (Lipinski definition) is 2. The minimum Gasteiger partial charge on any atom is -0.359 e. The van der Waals surface area contributed by atoms with E-state index in [0.29, 0.717) is 27.3 Å². The number of piperazine rings is 1. The van der Waals surface area contributed by atoms with E-state index in [1.54, 1.807) is 29.8 Å². The largest absolute Gasteiger partial charge is 0.359 e. The van der Waals surface area contributed by atoms with Crippen molar-refractivity contribution in [2.45, 2.75) is 19.9 Å². The SMILES string of the molecule is Cc1cn2cc(NC(=O)c3cc(Cl)c(N4CCNC(C)C4)s3)cc(F)c2n1. The number of fused-ring (bicyclic) bond motifs is 1. The normalized spacial score (nSPS) is 17.5. The van der Waals surface area contributed by atoms with Crippen molar-refractivity contribution in [1.82, 2.24) is 14.7 Å². The number of aryl methyl sites for hydroxylation is 1. The molecule has 4 rings (SSSR count). The van der Waals surface area contributed by atoms with Crippen LogP contribution in [0.5, 0.6) is 0 Å². The molecule has 1 amide bonds. The first-order valence-corrected chi connectivity index (χ1v) is 9.84. The highest BCUT2D eigenvalue weighted by atomic mass is 35.5. The van der Waals surface area contributed by atoms with Crippen molar-refractivity contribution in [1.29, 1.82) is 0 Å². The van der Waals surface area contributed by atoms with Gasteiger partial charge < -0.3 is 19.9 Å². The molecule has 1 fully saturated rings. The lowest BCUT2D eigenvalue weighted by Gasteiger charge is -2.32. The van der Waals surface area contributed by atoms with Gasteiger partial charge >= 0.3 is 0 Å². The number of carbonyl (C=O) groups is 1. The first kappa shape index (κ1) is 18.2. The molecule has 142 valence electrons. The van der Waals surface area contributed by atoms with Crippen LogP contribution in [-0.4, -0.2) is 41.0 Å². The van der Waals surface area contributed by atoms with Crippen LogP contribution in [0.15, 0.2) is 24.5 Å². The maximum Gasteiger partial charge on any atom is 0.265 e. The van der Waals surface area contributed by atoms with Crippen LogP contribution >= 0.6 is 22.9 Å². The predicted octanol–water partition coefficient (Wildman–Crippen LogP) is 3.55. The van der Waals surface area contributed by atoms with Gasteiger partial charge in [-0.1, -0.05) is 11.6 Å². The van der Waals surface area contributed by atoms with Crippen molar-refractivity contribution >= 4 is 45.2 Å². The van der Waals surface area contributed by atoms with Crippen molar-refractivity contribution in [3.63, 3.8) is 0 Å². The number of pyridine rings is 1. The number of halogens is 2. The predicted molar refractivity (Wildman–Crippen MR) is 107 cm³/mol. The lowest BCUT2D eigenvalue weighted by atomic mass is 10.2. The molecule has 1 atom stereocenters. The van der Waals surface area contributed by atoms with Gasteiger partial charge in [-0.05, 0) is 19.9 Å². The molecule has 1 unspecified atom stereocenters. The Morgan fingerprint density at radius 1 is 1.44 bits per heavy atom. The third-order valence-corrected chi connectivity index (χ3v) is 6.03. The first-order chi connectivity index (χ1) is 12.9. The van der Waals surface area contributed by atoms with E-state index < -0.39 is 5.82 Å². The Morgan fingerprint density at radius 2 is 2.26 bits per heavy atom. The number of aromatic nitrogens is 2. The first-order valence-electron chi connectivity index (χ1n) is 8.64. The van der Waals surface area contributed by atoms with Gasteiger partial charge in [-0.3, -0.25) is 4.79 Å². The third-order valence-electron chi connectivity index (χ3n) is 4.43. The van der Waals surface area contributed by atoms with Crippen molar-refractivity contribution in [3.05, 3.63) is 45.9 Å². The summed E-state index contributed by atoms with van der Waals surface area (Å²) in [4.78, 5) is 19.4. The second-order valence-corrected chi connectivity index (χ2v) is 8.15. The van der Waals surface area contributed by atoms with Crippen molar-refractivity contribution in [3.8, 4) is 0 Å². The Hall–Kier alpha value is -2.16. The zero-order valence-electron chi connectivity index (χ0n) is 14.9. The van der Waals surface area contributed by atoms with Crippen LogP contribution in [0.1, 0.15) is 22.3 Å². The summed E-state index contributed by atoms with van der Waals surface area (Å²) in [6, 6.07) is 3.30. The molecule has 1 saturated heterocycles. The summed E-state index contributed by atoms with van der Waals surface area (Å²) in [7, 11) is 0. The highest BCUT2D eigenvalue weighted by molar-refractivity contribution is 7.18. The Balaban J connectivity index is 1.56. The lowest BCUT2D eigenvalue weighted by molar-refractivity contribution is 0.103. The van der Waals surface area contributed by atoms with Gasteiger partial charge in [-0.15, -0.1) is 11.3 Å². The molecular weight excluding hydrogens is 389 g/mol. The highest BCUT2D eigenvalue weighted by Crippen LogP contribution is 2.36. The molecule has 0 spiro atoms. The van der Waals surface area contributed by atoms with E-state index in [1.165, 1.54) is 17.4 Å². The van der Waals surface area contributed by atoms with Gasteiger partial charge in [-0.25, -0.2) is 9.37 Å². The Bertz CT molecular complexity index is 1020. The van der Waals surface area contributed by atoms with Crippen LogP contribution in [-0.2, 0) is 0 Å². The zero-order chi connectivity index (χ0) is 19.1. The van der Waals surface area contributed by atoms with Gasteiger partial charge in [0, 0.05) is 44.1 Å². The number of rotatable bonds is 3. The summed E-state index contributed by atoms with van der Waals surface area (Å²) in [5.74, 6) is -0.799. The minimum atomic E-state index is -0.486. The second-order valence-electron chi connectivity index (χ2n) is 6.71. The minimum absolute atomic E-state index is 0.236. The van der Waals surface area contributed by atoms with Gasteiger partial charge in [0.2, 0.25) is 0 Å². The van der Waals surface area contributed by atoms with Gasteiger partial charge in [0.15, 0.2) is 11.5 Å². The number of thiophene rings is 1. The molecule has 0 saturated carbocycles. The Kier molecular flexibility index (Phi) is 4.79. The molecule has 0 aromatic carbocycles. The van der Waals surface area contributed by atoms with Crippen LogP contribution in [0.4, 0.5) is 15.1 Å². The maximum absolute atomic E-state index is 14.2.